The highest BCUT2D eigenvalue weighted by molar-refractivity contribution is 9.10. The fourth-order valence-electron chi connectivity index (χ4n) is 3.68. The molecule has 2 aromatic carbocycles. The number of halogens is 1. The summed E-state index contributed by atoms with van der Waals surface area (Å²) in [5.41, 5.74) is -0.129. The van der Waals surface area contributed by atoms with Gasteiger partial charge in [0.15, 0.2) is 0 Å². The maximum absolute atomic E-state index is 13.5. The van der Waals surface area contributed by atoms with Crippen LogP contribution in [0.2, 0.25) is 0 Å². The molecule has 170 valence electrons. The number of hydrogen-bond acceptors (Lipinski definition) is 5. The van der Waals surface area contributed by atoms with Crippen LogP contribution in [0, 0.1) is 0 Å². The number of rotatable bonds is 5. The summed E-state index contributed by atoms with van der Waals surface area (Å²) < 4.78 is 28.9. The van der Waals surface area contributed by atoms with E-state index in [1.807, 2.05) is 0 Å². The lowest BCUT2D eigenvalue weighted by molar-refractivity contribution is -0.122. The zero-order chi connectivity index (χ0) is 23.8. The lowest BCUT2D eigenvalue weighted by Crippen LogP contribution is -2.54. The van der Waals surface area contributed by atoms with Crippen LogP contribution in [0.4, 0.5) is 11.4 Å². The molecule has 8 nitrogen and oxygen atoms in total. The Kier molecular flexibility index (Phi) is 6.60. The Balaban J connectivity index is 1.98. The first kappa shape index (κ1) is 24.1. The number of carbonyl (C=O) groups excluding carboxylic acids is 3. The Bertz CT molecular complexity index is 1160. The third-order valence-electron chi connectivity index (χ3n) is 4.88. The average molecular weight is 522 g/mol. The molecule has 0 saturated carbocycles. The van der Waals surface area contributed by atoms with E-state index >= 15 is 0 Å². The lowest BCUT2D eigenvalue weighted by Gasteiger charge is -2.37. The second-order valence-electron chi connectivity index (χ2n) is 8.44. The van der Waals surface area contributed by atoms with Crippen LogP contribution >= 0.6 is 15.9 Å². The lowest BCUT2D eigenvalue weighted by atomic mass is 10.1. The molecular formula is C22H24BrN3O5S. The Morgan fingerprint density at radius 3 is 2.12 bits per heavy atom. The van der Waals surface area contributed by atoms with Gasteiger partial charge in [-0.1, -0.05) is 15.9 Å². The van der Waals surface area contributed by atoms with Gasteiger partial charge in [-0.25, -0.2) is 13.3 Å². The average Bonchev–Trinajstić information content (AvgIpc) is 2.95. The van der Waals surface area contributed by atoms with Crippen molar-refractivity contribution in [3.05, 3.63) is 53.0 Å². The van der Waals surface area contributed by atoms with E-state index in [9.17, 15) is 22.8 Å². The molecule has 1 atom stereocenters. The Labute approximate surface area is 195 Å². The number of nitrogens with one attached hydrogen (secondary N) is 1. The van der Waals surface area contributed by atoms with E-state index in [0.717, 1.165) is 13.7 Å². The van der Waals surface area contributed by atoms with Crippen LogP contribution in [-0.4, -0.2) is 42.0 Å². The summed E-state index contributed by atoms with van der Waals surface area (Å²) >= 11 is 3.29. The SMILES string of the molecule is CC(=O)Nc1ccc(N2C(=O)CC(N(C(C)(C)C)S(=O)(=O)c3ccc(Br)cc3)C2=O)cc1. The van der Waals surface area contributed by atoms with E-state index in [2.05, 4.69) is 21.2 Å². The highest BCUT2D eigenvalue weighted by atomic mass is 79.9. The summed E-state index contributed by atoms with van der Waals surface area (Å²) in [7, 11) is -4.08. The maximum Gasteiger partial charge on any atom is 0.252 e. The topological polar surface area (TPSA) is 104 Å². The van der Waals surface area contributed by atoms with Crippen molar-refractivity contribution in [2.45, 2.75) is 50.6 Å². The number of nitrogens with zero attached hydrogens (tertiary/aromatic N) is 2. The molecule has 0 aromatic heterocycles. The molecule has 1 fully saturated rings. The molecule has 1 unspecified atom stereocenters. The first-order valence-electron chi connectivity index (χ1n) is 9.87. The molecule has 1 aliphatic heterocycles. The van der Waals surface area contributed by atoms with Crippen molar-refractivity contribution in [1.29, 1.82) is 0 Å². The fourth-order valence-corrected chi connectivity index (χ4v) is 5.88. The van der Waals surface area contributed by atoms with Crippen molar-refractivity contribution in [2.75, 3.05) is 10.2 Å². The van der Waals surface area contributed by atoms with Crippen LogP contribution < -0.4 is 10.2 Å². The number of amides is 3. The number of carbonyl (C=O) groups is 3. The van der Waals surface area contributed by atoms with Gasteiger partial charge < -0.3 is 5.32 Å². The highest BCUT2D eigenvalue weighted by Crippen LogP contribution is 2.34. The van der Waals surface area contributed by atoms with Gasteiger partial charge in [0.05, 0.1) is 17.0 Å². The summed E-state index contributed by atoms with van der Waals surface area (Å²) in [6, 6.07) is 11.2. The van der Waals surface area contributed by atoms with Gasteiger partial charge in [-0.3, -0.25) is 14.4 Å². The number of benzene rings is 2. The van der Waals surface area contributed by atoms with E-state index in [4.69, 9.17) is 0 Å². The highest BCUT2D eigenvalue weighted by Gasteiger charge is 2.50. The third kappa shape index (κ3) is 4.77. The largest absolute Gasteiger partial charge is 0.326 e. The van der Waals surface area contributed by atoms with Crippen molar-refractivity contribution in [3.63, 3.8) is 0 Å². The molecule has 0 aliphatic carbocycles. The van der Waals surface area contributed by atoms with E-state index in [1.165, 1.54) is 31.2 Å². The Morgan fingerprint density at radius 1 is 1.06 bits per heavy atom. The van der Waals surface area contributed by atoms with Crippen molar-refractivity contribution >= 4 is 55.0 Å². The minimum atomic E-state index is -4.08. The van der Waals surface area contributed by atoms with Crippen LogP contribution in [-0.2, 0) is 24.4 Å². The van der Waals surface area contributed by atoms with Crippen LogP contribution in [0.5, 0.6) is 0 Å². The van der Waals surface area contributed by atoms with Crippen LogP contribution in [0.1, 0.15) is 34.1 Å². The first-order valence-corrected chi connectivity index (χ1v) is 12.1. The molecule has 0 spiro atoms. The van der Waals surface area contributed by atoms with Gasteiger partial charge in [-0.05, 0) is 69.3 Å². The fraction of sp³-hybridized carbons (Fsp3) is 0.318. The standard InChI is InChI=1S/C22H24BrN3O5S/c1-14(27)24-16-7-9-17(10-8-16)25-20(28)13-19(21(25)29)26(22(2,3)4)32(30,31)18-11-5-15(23)6-12-18/h5-12,19H,13H2,1-4H3,(H,24,27). The molecule has 3 amide bonds. The molecule has 32 heavy (non-hydrogen) atoms. The minimum absolute atomic E-state index is 0.0361. The summed E-state index contributed by atoms with van der Waals surface area (Å²) in [6.07, 6.45) is -0.265. The maximum atomic E-state index is 13.5. The monoisotopic (exact) mass is 521 g/mol. The third-order valence-corrected chi connectivity index (χ3v) is 7.60. The van der Waals surface area contributed by atoms with Crippen molar-refractivity contribution in [2.24, 2.45) is 0 Å². The van der Waals surface area contributed by atoms with Gasteiger partial charge in [-0.15, -0.1) is 0 Å². The molecule has 1 N–H and O–H groups in total. The Morgan fingerprint density at radius 2 is 1.62 bits per heavy atom. The molecule has 3 rings (SSSR count). The Hall–Kier alpha value is -2.56. The molecule has 2 aromatic rings. The molecule has 10 heteroatoms. The zero-order valence-electron chi connectivity index (χ0n) is 18.1. The predicted octanol–water partition coefficient (Wildman–Crippen LogP) is 3.53. The number of sulfonamides is 1. The van der Waals surface area contributed by atoms with E-state index in [0.29, 0.717) is 11.4 Å². The van der Waals surface area contributed by atoms with Crippen molar-refractivity contribution < 1.29 is 22.8 Å². The second kappa shape index (κ2) is 8.76. The van der Waals surface area contributed by atoms with Gasteiger partial charge in [0.25, 0.3) is 5.91 Å². The van der Waals surface area contributed by atoms with Crippen molar-refractivity contribution in [1.82, 2.24) is 4.31 Å². The van der Waals surface area contributed by atoms with Gasteiger partial charge in [0, 0.05) is 22.6 Å². The number of anilines is 2. The molecule has 1 aliphatic rings. The molecular weight excluding hydrogens is 498 g/mol. The second-order valence-corrected chi connectivity index (χ2v) is 11.2. The molecule has 0 bridgehead atoms. The van der Waals surface area contributed by atoms with Gasteiger partial charge >= 0.3 is 0 Å². The van der Waals surface area contributed by atoms with Crippen LogP contribution in [0.25, 0.3) is 0 Å². The zero-order valence-corrected chi connectivity index (χ0v) is 20.5. The predicted molar refractivity (Wildman–Crippen MR) is 125 cm³/mol. The van der Waals surface area contributed by atoms with Crippen molar-refractivity contribution in [3.8, 4) is 0 Å². The van der Waals surface area contributed by atoms with Gasteiger partial charge in [-0.2, -0.15) is 4.31 Å². The van der Waals surface area contributed by atoms with Gasteiger partial charge in [0.2, 0.25) is 21.8 Å². The minimum Gasteiger partial charge on any atom is -0.326 e. The number of hydrogen-bond donors (Lipinski definition) is 1. The summed E-state index contributed by atoms with van der Waals surface area (Å²) in [5, 5.41) is 2.62. The van der Waals surface area contributed by atoms with Crippen LogP contribution in [0.3, 0.4) is 0 Å². The number of imide groups is 1. The quantitative estimate of drug-likeness (QED) is 0.606. The summed E-state index contributed by atoms with van der Waals surface area (Å²) in [5.74, 6) is -1.35. The first-order chi connectivity index (χ1) is 14.8. The summed E-state index contributed by atoms with van der Waals surface area (Å²) in [6.45, 7) is 6.43. The van der Waals surface area contributed by atoms with Crippen LogP contribution in [0.15, 0.2) is 57.9 Å². The van der Waals surface area contributed by atoms with E-state index in [1.54, 1.807) is 45.0 Å². The molecule has 1 heterocycles. The smallest absolute Gasteiger partial charge is 0.252 e. The van der Waals surface area contributed by atoms with Gasteiger partial charge in [0.1, 0.15) is 6.04 Å². The van der Waals surface area contributed by atoms with E-state index in [-0.39, 0.29) is 17.2 Å². The summed E-state index contributed by atoms with van der Waals surface area (Å²) in [4.78, 5) is 38.4. The van der Waals surface area contributed by atoms with E-state index < -0.39 is 33.4 Å². The molecule has 1 saturated heterocycles. The molecule has 0 radical (unpaired) electrons. The normalized spacial score (nSPS) is 17.2.